The molecule has 2 rings (SSSR count). The SMILES string of the molecule is CCC(C)NC(=O)C1CCCN(Cc2ccc(Cl)cc2Cl)C1. The molecule has 0 radical (unpaired) electrons. The highest BCUT2D eigenvalue weighted by atomic mass is 35.5. The average Bonchev–Trinajstić information content (AvgIpc) is 2.50. The normalized spacial score (nSPS) is 20.6. The number of hydrogen-bond donors (Lipinski definition) is 1. The van der Waals surface area contributed by atoms with Crippen molar-refractivity contribution >= 4 is 29.1 Å². The van der Waals surface area contributed by atoms with Crippen molar-refractivity contribution in [1.29, 1.82) is 0 Å². The summed E-state index contributed by atoms with van der Waals surface area (Å²) in [5, 5.41) is 4.44. The summed E-state index contributed by atoms with van der Waals surface area (Å²) >= 11 is 12.2. The van der Waals surface area contributed by atoms with Gasteiger partial charge in [-0.15, -0.1) is 0 Å². The minimum Gasteiger partial charge on any atom is -0.353 e. The van der Waals surface area contributed by atoms with E-state index in [4.69, 9.17) is 23.2 Å². The Labute approximate surface area is 143 Å². The van der Waals surface area contributed by atoms with Crippen LogP contribution in [-0.4, -0.2) is 29.9 Å². The van der Waals surface area contributed by atoms with Gasteiger partial charge >= 0.3 is 0 Å². The van der Waals surface area contributed by atoms with E-state index in [1.165, 1.54) is 0 Å². The maximum Gasteiger partial charge on any atom is 0.224 e. The number of carbonyl (C=O) groups excluding carboxylic acids is 1. The zero-order valence-electron chi connectivity index (χ0n) is 13.2. The molecule has 2 atom stereocenters. The zero-order chi connectivity index (χ0) is 16.1. The molecule has 1 aliphatic rings. The van der Waals surface area contributed by atoms with Gasteiger partial charge < -0.3 is 5.32 Å². The Morgan fingerprint density at radius 1 is 1.45 bits per heavy atom. The Kier molecular flexibility index (Phi) is 6.54. The first-order valence-electron chi connectivity index (χ1n) is 7.96. The molecular formula is C17H24Cl2N2O. The number of piperidine rings is 1. The fourth-order valence-corrected chi connectivity index (χ4v) is 3.23. The molecule has 122 valence electrons. The summed E-state index contributed by atoms with van der Waals surface area (Å²) in [6, 6.07) is 5.84. The summed E-state index contributed by atoms with van der Waals surface area (Å²) < 4.78 is 0. The quantitative estimate of drug-likeness (QED) is 0.872. The Balaban J connectivity index is 1.94. The van der Waals surface area contributed by atoms with E-state index in [-0.39, 0.29) is 17.9 Å². The molecule has 0 bridgehead atoms. The van der Waals surface area contributed by atoms with Gasteiger partial charge in [0.2, 0.25) is 5.91 Å². The molecule has 1 amide bonds. The molecule has 0 aliphatic carbocycles. The monoisotopic (exact) mass is 342 g/mol. The predicted molar refractivity (Wildman–Crippen MR) is 92.4 cm³/mol. The lowest BCUT2D eigenvalue weighted by Crippen LogP contribution is -2.44. The maximum atomic E-state index is 12.3. The Hall–Kier alpha value is -0.770. The van der Waals surface area contributed by atoms with Crippen LogP contribution in [-0.2, 0) is 11.3 Å². The molecular weight excluding hydrogens is 319 g/mol. The second-order valence-corrected chi connectivity index (χ2v) is 6.97. The van der Waals surface area contributed by atoms with E-state index < -0.39 is 0 Å². The van der Waals surface area contributed by atoms with Crippen LogP contribution < -0.4 is 5.32 Å². The van der Waals surface area contributed by atoms with E-state index in [1.807, 2.05) is 19.1 Å². The average molecular weight is 343 g/mol. The van der Waals surface area contributed by atoms with Crippen LogP contribution in [0, 0.1) is 5.92 Å². The van der Waals surface area contributed by atoms with Gasteiger partial charge in [-0.05, 0) is 50.4 Å². The van der Waals surface area contributed by atoms with Gasteiger partial charge in [-0.2, -0.15) is 0 Å². The molecule has 0 spiro atoms. The van der Waals surface area contributed by atoms with E-state index in [0.29, 0.717) is 10.0 Å². The summed E-state index contributed by atoms with van der Waals surface area (Å²) in [6.45, 7) is 6.70. The van der Waals surface area contributed by atoms with Crippen LogP contribution in [0.15, 0.2) is 18.2 Å². The first-order chi connectivity index (χ1) is 10.5. The van der Waals surface area contributed by atoms with Gasteiger partial charge in [0.25, 0.3) is 0 Å². The summed E-state index contributed by atoms with van der Waals surface area (Å²) in [7, 11) is 0. The van der Waals surface area contributed by atoms with E-state index in [0.717, 1.165) is 44.5 Å². The maximum absolute atomic E-state index is 12.3. The van der Waals surface area contributed by atoms with E-state index >= 15 is 0 Å². The first kappa shape index (κ1) is 17.6. The number of carbonyl (C=O) groups is 1. The van der Waals surface area contributed by atoms with Gasteiger partial charge in [0.05, 0.1) is 5.92 Å². The number of amides is 1. The summed E-state index contributed by atoms with van der Waals surface area (Å²) in [5.41, 5.74) is 1.06. The van der Waals surface area contributed by atoms with Gasteiger partial charge in [0.15, 0.2) is 0 Å². The Bertz CT molecular complexity index is 521. The summed E-state index contributed by atoms with van der Waals surface area (Å²) in [6.07, 6.45) is 2.97. The number of nitrogens with zero attached hydrogens (tertiary/aromatic N) is 1. The number of hydrogen-bond acceptors (Lipinski definition) is 2. The molecule has 1 aromatic rings. The number of rotatable bonds is 5. The number of nitrogens with one attached hydrogen (secondary N) is 1. The lowest BCUT2D eigenvalue weighted by molar-refractivity contribution is -0.127. The molecule has 0 aromatic heterocycles. The van der Waals surface area contributed by atoms with Crippen LogP contribution in [0.4, 0.5) is 0 Å². The predicted octanol–water partition coefficient (Wildman–Crippen LogP) is 4.12. The van der Waals surface area contributed by atoms with Crippen molar-refractivity contribution < 1.29 is 4.79 Å². The minimum atomic E-state index is 0.0776. The van der Waals surface area contributed by atoms with Crippen molar-refractivity contribution in [2.75, 3.05) is 13.1 Å². The van der Waals surface area contributed by atoms with Crippen molar-refractivity contribution in [3.63, 3.8) is 0 Å². The molecule has 0 saturated carbocycles. The second-order valence-electron chi connectivity index (χ2n) is 6.13. The fraction of sp³-hybridized carbons (Fsp3) is 0.588. The van der Waals surface area contributed by atoms with Crippen molar-refractivity contribution in [3.05, 3.63) is 33.8 Å². The molecule has 2 unspecified atom stereocenters. The molecule has 5 heteroatoms. The van der Waals surface area contributed by atoms with Crippen molar-refractivity contribution in [2.24, 2.45) is 5.92 Å². The van der Waals surface area contributed by atoms with Crippen LogP contribution in [0.5, 0.6) is 0 Å². The van der Waals surface area contributed by atoms with Gasteiger partial charge in [-0.1, -0.05) is 36.2 Å². The van der Waals surface area contributed by atoms with Crippen molar-refractivity contribution in [3.8, 4) is 0 Å². The molecule has 1 aromatic carbocycles. The molecule has 1 heterocycles. The third-order valence-corrected chi connectivity index (χ3v) is 4.87. The number of halogens is 2. The van der Waals surface area contributed by atoms with Gasteiger partial charge in [-0.3, -0.25) is 9.69 Å². The van der Waals surface area contributed by atoms with E-state index in [2.05, 4.69) is 17.1 Å². The molecule has 3 nitrogen and oxygen atoms in total. The van der Waals surface area contributed by atoms with Crippen molar-refractivity contribution in [1.82, 2.24) is 10.2 Å². The third kappa shape index (κ3) is 4.87. The Morgan fingerprint density at radius 2 is 2.23 bits per heavy atom. The molecule has 1 aliphatic heterocycles. The molecule has 1 saturated heterocycles. The van der Waals surface area contributed by atoms with Crippen molar-refractivity contribution in [2.45, 2.75) is 45.7 Å². The minimum absolute atomic E-state index is 0.0776. The van der Waals surface area contributed by atoms with E-state index in [1.54, 1.807) is 6.07 Å². The van der Waals surface area contributed by atoms with Crippen LogP contribution >= 0.6 is 23.2 Å². The second kappa shape index (κ2) is 8.19. The lowest BCUT2D eigenvalue weighted by atomic mass is 9.96. The number of benzene rings is 1. The van der Waals surface area contributed by atoms with Gasteiger partial charge in [0.1, 0.15) is 0 Å². The van der Waals surface area contributed by atoms with Crippen LogP contribution in [0.2, 0.25) is 10.0 Å². The highest BCUT2D eigenvalue weighted by molar-refractivity contribution is 6.35. The van der Waals surface area contributed by atoms with Gasteiger partial charge in [-0.25, -0.2) is 0 Å². The van der Waals surface area contributed by atoms with Crippen LogP contribution in [0.25, 0.3) is 0 Å². The standard InChI is InChI=1S/C17H24Cl2N2O/c1-3-12(2)20-17(22)14-5-4-8-21(11-14)10-13-6-7-15(18)9-16(13)19/h6-7,9,12,14H,3-5,8,10-11H2,1-2H3,(H,20,22). The molecule has 22 heavy (non-hydrogen) atoms. The smallest absolute Gasteiger partial charge is 0.224 e. The van der Waals surface area contributed by atoms with Crippen LogP contribution in [0.3, 0.4) is 0 Å². The first-order valence-corrected chi connectivity index (χ1v) is 8.71. The van der Waals surface area contributed by atoms with Gasteiger partial charge in [0, 0.05) is 29.2 Å². The molecule has 1 fully saturated rings. The highest BCUT2D eigenvalue weighted by Gasteiger charge is 2.26. The lowest BCUT2D eigenvalue weighted by Gasteiger charge is -2.32. The summed E-state index contributed by atoms with van der Waals surface area (Å²) in [4.78, 5) is 14.6. The highest BCUT2D eigenvalue weighted by Crippen LogP contribution is 2.25. The third-order valence-electron chi connectivity index (χ3n) is 4.29. The summed E-state index contributed by atoms with van der Waals surface area (Å²) in [5.74, 6) is 0.259. The molecule has 1 N–H and O–H groups in total. The fourth-order valence-electron chi connectivity index (χ4n) is 2.77. The van der Waals surface area contributed by atoms with E-state index in [9.17, 15) is 4.79 Å². The topological polar surface area (TPSA) is 32.3 Å². The van der Waals surface area contributed by atoms with Crippen LogP contribution in [0.1, 0.15) is 38.7 Å². The largest absolute Gasteiger partial charge is 0.353 e. The Morgan fingerprint density at radius 3 is 2.91 bits per heavy atom. The number of likely N-dealkylation sites (tertiary alicyclic amines) is 1. The zero-order valence-corrected chi connectivity index (χ0v) is 14.8.